The molecule has 0 saturated heterocycles. The van der Waals surface area contributed by atoms with E-state index in [9.17, 15) is 18.0 Å². The smallest absolute Gasteiger partial charge is 0.406 e. The van der Waals surface area contributed by atoms with E-state index in [1.165, 1.54) is 28.8 Å². The Hall–Kier alpha value is -1.83. The number of rotatable bonds is 2. The fourth-order valence-corrected chi connectivity index (χ4v) is 2.03. The summed E-state index contributed by atoms with van der Waals surface area (Å²) in [5.41, 5.74) is 0.393. The fraction of sp³-hybridized carbons (Fsp3) is 0.182. The second kappa shape index (κ2) is 5.43. The Bertz CT molecular complexity index is 488. The average molecular weight is 290 g/mol. The number of benzene rings is 1. The van der Waals surface area contributed by atoms with E-state index < -0.39 is 6.36 Å². The van der Waals surface area contributed by atoms with Crippen LogP contribution in [0.15, 0.2) is 35.9 Å². The van der Waals surface area contributed by atoms with Gasteiger partial charge in [0.1, 0.15) is 5.75 Å². The molecular weight excluding hydrogens is 281 g/mol. The molecule has 0 aromatic heterocycles. The number of anilines is 1. The first-order valence-electron chi connectivity index (χ1n) is 5.16. The summed E-state index contributed by atoms with van der Waals surface area (Å²) in [4.78, 5) is 13.1. The van der Waals surface area contributed by atoms with Crippen LogP contribution < -0.4 is 10.1 Å². The van der Waals surface area contributed by atoms with Crippen LogP contribution in [0, 0.1) is 0 Å². The summed E-state index contributed by atoms with van der Waals surface area (Å²) in [6, 6.07) is 4.61. The SMILES string of the molecule is O=C(Nc1ccc(OC(F)(F)F)cc1)N1C=CSC1. The molecule has 8 heteroatoms. The number of ether oxygens (including phenoxy) is 1. The molecule has 4 nitrogen and oxygen atoms in total. The third-order valence-corrected chi connectivity index (χ3v) is 2.89. The summed E-state index contributed by atoms with van der Waals surface area (Å²) >= 11 is 1.47. The highest BCUT2D eigenvalue weighted by molar-refractivity contribution is 8.02. The molecule has 2 amide bonds. The molecule has 0 aliphatic carbocycles. The molecule has 0 bridgehead atoms. The lowest BCUT2D eigenvalue weighted by Gasteiger charge is -2.14. The monoisotopic (exact) mass is 290 g/mol. The molecule has 19 heavy (non-hydrogen) atoms. The zero-order valence-corrected chi connectivity index (χ0v) is 10.3. The highest BCUT2D eigenvalue weighted by atomic mass is 32.2. The van der Waals surface area contributed by atoms with Crippen molar-refractivity contribution in [3.8, 4) is 5.75 Å². The van der Waals surface area contributed by atoms with Crippen LogP contribution in [0.25, 0.3) is 0 Å². The molecule has 1 aromatic carbocycles. The van der Waals surface area contributed by atoms with Crippen molar-refractivity contribution in [2.45, 2.75) is 6.36 Å². The van der Waals surface area contributed by atoms with Gasteiger partial charge >= 0.3 is 12.4 Å². The van der Waals surface area contributed by atoms with Gasteiger partial charge in [-0.15, -0.1) is 24.9 Å². The molecule has 1 aromatic rings. The maximum atomic E-state index is 11.9. The number of carbonyl (C=O) groups excluding carboxylic acids is 1. The van der Waals surface area contributed by atoms with Crippen molar-refractivity contribution in [1.82, 2.24) is 4.90 Å². The number of thioether (sulfide) groups is 1. The molecule has 1 aliphatic heterocycles. The van der Waals surface area contributed by atoms with Crippen LogP contribution in [0.4, 0.5) is 23.7 Å². The molecule has 0 radical (unpaired) electrons. The van der Waals surface area contributed by atoms with Crippen molar-refractivity contribution in [3.63, 3.8) is 0 Å². The standard InChI is InChI=1S/C11H9F3N2O2S/c12-11(13,14)18-9-3-1-8(2-4-9)15-10(17)16-5-6-19-7-16/h1-6H,7H2,(H,15,17). The normalized spacial score (nSPS) is 14.6. The van der Waals surface area contributed by atoms with Gasteiger partial charge in [0.2, 0.25) is 0 Å². The number of amides is 2. The maximum Gasteiger partial charge on any atom is 0.573 e. The molecule has 0 fully saturated rings. The number of nitrogens with zero attached hydrogens (tertiary/aromatic N) is 1. The van der Waals surface area contributed by atoms with E-state index in [-0.39, 0.29) is 11.8 Å². The number of nitrogens with one attached hydrogen (secondary N) is 1. The Morgan fingerprint density at radius 1 is 1.32 bits per heavy atom. The molecule has 0 unspecified atom stereocenters. The molecular formula is C11H9F3N2O2S. The minimum atomic E-state index is -4.72. The van der Waals surface area contributed by atoms with Crippen molar-refractivity contribution >= 4 is 23.5 Å². The van der Waals surface area contributed by atoms with Crippen LogP contribution in [0.1, 0.15) is 0 Å². The van der Waals surface area contributed by atoms with Crippen molar-refractivity contribution in [1.29, 1.82) is 0 Å². The van der Waals surface area contributed by atoms with Gasteiger partial charge in [-0.3, -0.25) is 4.90 Å². The van der Waals surface area contributed by atoms with Gasteiger partial charge in [-0.25, -0.2) is 4.79 Å². The van der Waals surface area contributed by atoms with Crippen molar-refractivity contribution in [3.05, 3.63) is 35.9 Å². The third kappa shape index (κ3) is 4.09. The van der Waals surface area contributed by atoms with Crippen LogP contribution in [-0.4, -0.2) is 23.2 Å². The van der Waals surface area contributed by atoms with Gasteiger partial charge in [-0.05, 0) is 29.7 Å². The quantitative estimate of drug-likeness (QED) is 0.905. The summed E-state index contributed by atoms with van der Waals surface area (Å²) in [5, 5.41) is 4.34. The first-order chi connectivity index (χ1) is 8.94. The summed E-state index contributed by atoms with van der Waals surface area (Å²) in [6.45, 7) is 0. The zero-order chi connectivity index (χ0) is 13.9. The average Bonchev–Trinajstić information content (AvgIpc) is 2.83. The number of hydrogen-bond acceptors (Lipinski definition) is 3. The largest absolute Gasteiger partial charge is 0.573 e. The summed E-state index contributed by atoms with van der Waals surface area (Å²) in [7, 11) is 0. The second-order valence-corrected chi connectivity index (χ2v) is 4.42. The number of alkyl halides is 3. The minimum absolute atomic E-state index is 0.331. The lowest BCUT2D eigenvalue weighted by Crippen LogP contribution is -2.28. The summed E-state index contributed by atoms with van der Waals surface area (Å²) in [6.07, 6.45) is -3.09. The van der Waals surface area contributed by atoms with Crippen LogP contribution >= 0.6 is 11.8 Å². The number of hydrogen-bond donors (Lipinski definition) is 1. The Kier molecular flexibility index (Phi) is 3.89. The maximum absolute atomic E-state index is 11.9. The van der Waals surface area contributed by atoms with E-state index in [1.807, 2.05) is 0 Å². The highest BCUT2D eigenvalue weighted by Gasteiger charge is 2.30. The molecule has 102 valence electrons. The van der Waals surface area contributed by atoms with Crippen LogP contribution in [0.2, 0.25) is 0 Å². The summed E-state index contributed by atoms with van der Waals surface area (Å²) in [5.74, 6) is 0.184. The van der Waals surface area contributed by atoms with E-state index in [1.54, 1.807) is 11.6 Å². The van der Waals surface area contributed by atoms with Crippen molar-refractivity contribution in [2.75, 3.05) is 11.2 Å². The molecule has 1 aliphatic rings. The first-order valence-corrected chi connectivity index (χ1v) is 6.21. The lowest BCUT2D eigenvalue weighted by atomic mass is 10.3. The molecule has 0 saturated carbocycles. The van der Waals surface area contributed by atoms with E-state index in [2.05, 4.69) is 10.1 Å². The van der Waals surface area contributed by atoms with E-state index in [0.29, 0.717) is 11.6 Å². The molecule has 1 heterocycles. The molecule has 2 rings (SSSR count). The highest BCUT2D eigenvalue weighted by Crippen LogP contribution is 2.24. The lowest BCUT2D eigenvalue weighted by molar-refractivity contribution is -0.274. The van der Waals surface area contributed by atoms with Gasteiger partial charge in [-0.1, -0.05) is 0 Å². The Labute approximate surface area is 111 Å². The predicted molar refractivity (Wildman–Crippen MR) is 65.6 cm³/mol. The van der Waals surface area contributed by atoms with Gasteiger partial charge in [0.25, 0.3) is 0 Å². The number of urea groups is 1. The third-order valence-electron chi connectivity index (χ3n) is 2.15. The molecule has 1 N–H and O–H groups in total. The van der Waals surface area contributed by atoms with E-state index >= 15 is 0 Å². The topological polar surface area (TPSA) is 41.6 Å². The number of carbonyl (C=O) groups is 1. The molecule has 0 atom stereocenters. The predicted octanol–water partition coefficient (Wildman–Crippen LogP) is 3.59. The first kappa shape index (κ1) is 13.6. The fourth-order valence-electron chi connectivity index (χ4n) is 1.34. The minimum Gasteiger partial charge on any atom is -0.406 e. The van der Waals surface area contributed by atoms with Crippen LogP contribution in [-0.2, 0) is 0 Å². The van der Waals surface area contributed by atoms with Crippen LogP contribution in [0.3, 0.4) is 0 Å². The van der Waals surface area contributed by atoms with Crippen LogP contribution in [0.5, 0.6) is 5.75 Å². The van der Waals surface area contributed by atoms with Crippen molar-refractivity contribution in [2.24, 2.45) is 0 Å². The Balaban J connectivity index is 1.95. The van der Waals surface area contributed by atoms with Gasteiger partial charge in [-0.2, -0.15) is 0 Å². The summed E-state index contributed by atoms with van der Waals surface area (Å²) < 4.78 is 39.6. The van der Waals surface area contributed by atoms with E-state index in [4.69, 9.17) is 0 Å². The zero-order valence-electron chi connectivity index (χ0n) is 9.48. The Morgan fingerprint density at radius 3 is 2.53 bits per heavy atom. The molecule has 0 spiro atoms. The number of halogens is 3. The van der Waals surface area contributed by atoms with E-state index in [0.717, 1.165) is 12.1 Å². The van der Waals surface area contributed by atoms with Gasteiger partial charge in [0.05, 0.1) is 5.88 Å². The van der Waals surface area contributed by atoms with Gasteiger partial charge in [0, 0.05) is 11.9 Å². The Morgan fingerprint density at radius 2 is 2.00 bits per heavy atom. The van der Waals surface area contributed by atoms with Gasteiger partial charge in [0.15, 0.2) is 0 Å². The second-order valence-electron chi connectivity index (χ2n) is 3.55. The van der Waals surface area contributed by atoms with Crippen molar-refractivity contribution < 1.29 is 22.7 Å². The van der Waals surface area contributed by atoms with Gasteiger partial charge < -0.3 is 10.1 Å².